The number of aliphatic carboxylic acids is 1. The summed E-state index contributed by atoms with van der Waals surface area (Å²) < 4.78 is 11.1. The number of halogens is 1. The van der Waals surface area contributed by atoms with Crippen LogP contribution in [0.3, 0.4) is 0 Å². The first-order chi connectivity index (χ1) is 15.3. The largest absolute Gasteiger partial charge is 0.480 e. The number of carbonyl (C=O) groups is 2. The Kier molecular flexibility index (Phi) is 5.76. The van der Waals surface area contributed by atoms with Crippen molar-refractivity contribution in [2.75, 3.05) is 0 Å². The van der Waals surface area contributed by atoms with Gasteiger partial charge in [-0.3, -0.25) is 4.79 Å². The van der Waals surface area contributed by atoms with Crippen molar-refractivity contribution in [1.29, 1.82) is 0 Å². The second kappa shape index (κ2) is 8.51. The summed E-state index contributed by atoms with van der Waals surface area (Å²) >= 11 is 5.99. The van der Waals surface area contributed by atoms with Crippen molar-refractivity contribution in [1.82, 2.24) is 5.32 Å². The molecule has 0 aliphatic carbocycles. The summed E-state index contributed by atoms with van der Waals surface area (Å²) in [5, 5.41) is 13.7. The number of hydrogen-bond acceptors (Lipinski definition) is 5. The van der Waals surface area contributed by atoms with Crippen molar-refractivity contribution in [3.63, 3.8) is 0 Å². The SMILES string of the molecule is CCC(NC(=O)Cc1c(C)c2cc3c(-c4ccc(Cl)cc4)coc3cc2oc1=O)C(=O)O. The van der Waals surface area contributed by atoms with Gasteiger partial charge in [0.15, 0.2) is 0 Å². The average Bonchev–Trinajstić information content (AvgIpc) is 3.17. The molecular weight excluding hydrogens is 434 g/mol. The van der Waals surface area contributed by atoms with Gasteiger partial charge < -0.3 is 19.3 Å². The van der Waals surface area contributed by atoms with Gasteiger partial charge in [0.1, 0.15) is 17.2 Å². The zero-order valence-electron chi connectivity index (χ0n) is 17.4. The molecule has 0 saturated carbocycles. The molecule has 0 spiro atoms. The summed E-state index contributed by atoms with van der Waals surface area (Å²) in [6, 6.07) is 9.86. The summed E-state index contributed by atoms with van der Waals surface area (Å²) in [5.74, 6) is -1.68. The monoisotopic (exact) mass is 453 g/mol. The number of aryl methyl sites for hydroxylation is 1. The van der Waals surface area contributed by atoms with Crippen molar-refractivity contribution in [2.24, 2.45) is 0 Å². The molecule has 8 heteroatoms. The van der Waals surface area contributed by atoms with E-state index in [-0.39, 0.29) is 18.4 Å². The van der Waals surface area contributed by atoms with E-state index in [2.05, 4.69) is 5.32 Å². The molecule has 0 aliphatic heterocycles. The lowest BCUT2D eigenvalue weighted by molar-refractivity contribution is -0.141. The van der Waals surface area contributed by atoms with E-state index in [4.69, 9.17) is 25.5 Å². The second-order valence-electron chi connectivity index (χ2n) is 7.54. The number of rotatable bonds is 6. The van der Waals surface area contributed by atoms with Crippen molar-refractivity contribution < 1.29 is 23.5 Å². The van der Waals surface area contributed by atoms with Crippen LogP contribution in [0.5, 0.6) is 0 Å². The predicted molar refractivity (Wildman–Crippen MR) is 121 cm³/mol. The van der Waals surface area contributed by atoms with E-state index in [0.29, 0.717) is 27.1 Å². The van der Waals surface area contributed by atoms with Gasteiger partial charge in [-0.15, -0.1) is 0 Å². The highest BCUT2D eigenvalue weighted by atomic mass is 35.5. The molecule has 4 aromatic rings. The highest BCUT2D eigenvalue weighted by Gasteiger charge is 2.21. The number of furan rings is 1. The fourth-order valence-corrected chi connectivity index (χ4v) is 3.84. The smallest absolute Gasteiger partial charge is 0.340 e. The van der Waals surface area contributed by atoms with E-state index in [0.717, 1.165) is 16.5 Å². The molecule has 1 amide bonds. The predicted octanol–water partition coefficient (Wildman–Crippen LogP) is 4.69. The van der Waals surface area contributed by atoms with Crippen LogP contribution in [0.4, 0.5) is 0 Å². The van der Waals surface area contributed by atoms with Crippen LogP contribution in [0.2, 0.25) is 5.02 Å². The minimum atomic E-state index is -1.12. The number of hydrogen-bond donors (Lipinski definition) is 2. The van der Waals surface area contributed by atoms with Crippen LogP contribution in [-0.4, -0.2) is 23.0 Å². The Morgan fingerprint density at radius 1 is 1.12 bits per heavy atom. The van der Waals surface area contributed by atoms with Crippen LogP contribution < -0.4 is 10.9 Å². The maximum absolute atomic E-state index is 12.6. The molecule has 7 nitrogen and oxygen atoms in total. The van der Waals surface area contributed by atoms with Gasteiger partial charge in [0.2, 0.25) is 5.91 Å². The van der Waals surface area contributed by atoms with E-state index >= 15 is 0 Å². The Morgan fingerprint density at radius 3 is 2.50 bits per heavy atom. The number of fused-ring (bicyclic) bond motifs is 2. The van der Waals surface area contributed by atoms with Crippen molar-refractivity contribution >= 4 is 45.4 Å². The Morgan fingerprint density at radius 2 is 1.84 bits per heavy atom. The topological polar surface area (TPSA) is 110 Å². The molecule has 1 unspecified atom stereocenters. The molecule has 164 valence electrons. The number of carboxylic acids is 1. The summed E-state index contributed by atoms with van der Waals surface area (Å²) in [4.78, 5) is 36.1. The van der Waals surface area contributed by atoms with E-state index in [1.165, 1.54) is 0 Å². The van der Waals surface area contributed by atoms with Gasteiger partial charge in [-0.1, -0.05) is 30.7 Å². The number of nitrogens with one attached hydrogen (secondary N) is 1. The third-order valence-corrected chi connectivity index (χ3v) is 5.77. The van der Waals surface area contributed by atoms with Gasteiger partial charge >= 0.3 is 11.6 Å². The first kappa shape index (κ1) is 21.6. The Labute approximate surface area is 187 Å². The van der Waals surface area contributed by atoms with Gasteiger partial charge in [-0.2, -0.15) is 0 Å². The third-order valence-electron chi connectivity index (χ3n) is 5.52. The highest BCUT2D eigenvalue weighted by Crippen LogP contribution is 2.35. The summed E-state index contributed by atoms with van der Waals surface area (Å²) in [6.07, 6.45) is 1.59. The summed E-state index contributed by atoms with van der Waals surface area (Å²) in [7, 11) is 0. The quantitative estimate of drug-likeness (QED) is 0.410. The van der Waals surface area contributed by atoms with E-state index in [1.807, 2.05) is 18.2 Å². The maximum atomic E-state index is 12.6. The maximum Gasteiger partial charge on any atom is 0.340 e. The van der Waals surface area contributed by atoms with E-state index in [9.17, 15) is 14.4 Å². The van der Waals surface area contributed by atoms with E-state index < -0.39 is 23.5 Å². The molecule has 0 saturated heterocycles. The minimum absolute atomic E-state index is 0.186. The lowest BCUT2D eigenvalue weighted by Crippen LogP contribution is -2.41. The van der Waals surface area contributed by atoms with Gasteiger partial charge in [0, 0.05) is 27.4 Å². The fourth-order valence-electron chi connectivity index (χ4n) is 3.71. The normalized spacial score (nSPS) is 12.2. The standard InChI is InChI=1S/C24H20ClNO6/c1-3-19(23(28)29)26-22(27)9-16-12(2)15-8-17-18(13-4-6-14(25)7-5-13)11-31-20(17)10-21(15)32-24(16)30/h4-8,10-11,19H,3,9H2,1-2H3,(H,26,27)(H,28,29). The van der Waals surface area contributed by atoms with Crippen molar-refractivity contribution in [3.8, 4) is 11.1 Å². The first-order valence-electron chi connectivity index (χ1n) is 10.0. The Hall–Kier alpha value is -3.58. The zero-order valence-corrected chi connectivity index (χ0v) is 18.2. The van der Waals surface area contributed by atoms with E-state index in [1.54, 1.807) is 38.3 Å². The van der Waals surface area contributed by atoms with Gasteiger partial charge in [-0.05, 0) is 42.7 Å². The van der Waals surface area contributed by atoms with Crippen LogP contribution in [0.15, 0.2) is 56.3 Å². The van der Waals surface area contributed by atoms with Crippen LogP contribution in [0.1, 0.15) is 24.5 Å². The second-order valence-corrected chi connectivity index (χ2v) is 7.97. The Balaban J connectivity index is 1.77. The average molecular weight is 454 g/mol. The molecule has 4 rings (SSSR count). The third kappa shape index (κ3) is 3.99. The highest BCUT2D eigenvalue weighted by molar-refractivity contribution is 6.30. The summed E-state index contributed by atoms with van der Waals surface area (Å²) in [6.45, 7) is 3.40. The number of carbonyl (C=O) groups excluding carboxylic acids is 1. The lowest BCUT2D eigenvalue weighted by Gasteiger charge is -2.13. The molecule has 2 heterocycles. The molecule has 0 bridgehead atoms. The van der Waals surface area contributed by atoms with Crippen LogP contribution in [-0.2, 0) is 16.0 Å². The molecule has 2 N–H and O–H groups in total. The minimum Gasteiger partial charge on any atom is -0.480 e. The van der Waals surface area contributed by atoms with Crippen molar-refractivity contribution in [2.45, 2.75) is 32.7 Å². The lowest BCUT2D eigenvalue weighted by atomic mass is 9.99. The molecule has 2 aromatic heterocycles. The molecule has 0 radical (unpaired) electrons. The van der Waals surface area contributed by atoms with Crippen LogP contribution >= 0.6 is 11.6 Å². The first-order valence-corrected chi connectivity index (χ1v) is 10.4. The molecule has 0 aliphatic rings. The Bertz CT molecular complexity index is 1400. The molecular formula is C24H20ClNO6. The number of carboxylic acid groups (broad SMARTS) is 1. The van der Waals surface area contributed by atoms with Crippen molar-refractivity contribution in [3.05, 3.63) is 69.2 Å². The molecule has 1 atom stereocenters. The van der Waals surface area contributed by atoms with Gasteiger partial charge in [0.25, 0.3) is 0 Å². The van der Waals surface area contributed by atoms with Crippen LogP contribution in [0, 0.1) is 6.92 Å². The summed E-state index contributed by atoms with van der Waals surface area (Å²) in [5.41, 5.74) is 2.82. The zero-order chi connectivity index (χ0) is 23.0. The molecule has 0 fully saturated rings. The van der Waals surface area contributed by atoms with Gasteiger partial charge in [0.05, 0.1) is 18.2 Å². The van der Waals surface area contributed by atoms with Gasteiger partial charge in [-0.25, -0.2) is 9.59 Å². The molecule has 2 aromatic carbocycles. The molecule has 32 heavy (non-hydrogen) atoms. The fraction of sp³-hybridized carbons (Fsp3) is 0.208. The number of amides is 1. The van der Waals surface area contributed by atoms with Crippen LogP contribution in [0.25, 0.3) is 33.1 Å². The number of benzene rings is 2.